The molecule has 5 heavy (non-hydrogen) atoms. The molecule has 0 radical (unpaired) electrons. The van der Waals surface area contributed by atoms with Crippen molar-refractivity contribution < 1.29 is 30.7 Å². The van der Waals surface area contributed by atoms with Crippen LogP contribution < -0.4 is 7.73 Å². The van der Waals surface area contributed by atoms with E-state index in [-0.39, 0.29) is 0 Å². The van der Waals surface area contributed by atoms with Crippen LogP contribution in [0.25, 0.3) is 0 Å². The summed E-state index contributed by atoms with van der Waals surface area (Å²) in [6.45, 7) is 0. The van der Waals surface area contributed by atoms with Crippen molar-refractivity contribution in [3.63, 3.8) is 0 Å². The molecular formula is O4Tc-2. The van der Waals surface area contributed by atoms with Gasteiger partial charge in [0.2, 0.25) is 0 Å². The summed E-state index contributed by atoms with van der Waals surface area (Å²) in [5, 5.41) is 0. The number of hydrogen-bond acceptors (Lipinski definition) is 4. The second-order valence-electron chi connectivity index (χ2n) is 0.378. The van der Waals surface area contributed by atoms with Gasteiger partial charge in [-0.05, 0) is 0 Å². The van der Waals surface area contributed by atoms with Crippen molar-refractivity contribution >= 4 is 0 Å². The second kappa shape index (κ2) is 1.10. The first-order chi connectivity index (χ1) is 2.00. The molecule has 0 unspecified atom stereocenters. The molecule has 0 fully saturated rings. The second-order valence-corrected chi connectivity index (χ2v) is 2.24. The van der Waals surface area contributed by atoms with E-state index in [1.807, 2.05) is 0 Å². The molecule has 4 nitrogen and oxygen atoms in total. The molecule has 0 aliphatic carbocycles. The summed E-state index contributed by atoms with van der Waals surface area (Å²) >= 11 is -5.94. The van der Waals surface area contributed by atoms with Gasteiger partial charge >= 0.3 is 30.7 Å². The molecule has 0 aliphatic rings. The van der Waals surface area contributed by atoms with E-state index in [1.165, 1.54) is 0 Å². The van der Waals surface area contributed by atoms with Crippen molar-refractivity contribution in [1.29, 1.82) is 0 Å². The van der Waals surface area contributed by atoms with Crippen LogP contribution in [0.2, 0.25) is 0 Å². The van der Waals surface area contributed by atoms with Crippen molar-refractivity contribution in [2.24, 2.45) is 0 Å². The molecule has 0 aromatic heterocycles. The van der Waals surface area contributed by atoms with Crippen LogP contribution >= 0.6 is 0 Å². The third kappa shape index (κ3) is 684. The van der Waals surface area contributed by atoms with E-state index in [0.717, 1.165) is 0 Å². The van der Waals surface area contributed by atoms with Crippen LogP contribution in [0.1, 0.15) is 0 Å². The van der Waals surface area contributed by atoms with E-state index < -0.39 is 15.9 Å². The van der Waals surface area contributed by atoms with Crippen LogP contribution in [-0.4, -0.2) is 0 Å². The topological polar surface area (TPSA) is 80.3 Å². The molecule has 0 aromatic carbocycles. The molecule has 0 heterocycles. The van der Waals surface area contributed by atoms with E-state index in [2.05, 4.69) is 0 Å². The summed E-state index contributed by atoms with van der Waals surface area (Å²) in [6.07, 6.45) is 0. The first kappa shape index (κ1) is 5.17. The van der Waals surface area contributed by atoms with Gasteiger partial charge in [-0.3, -0.25) is 0 Å². The summed E-state index contributed by atoms with van der Waals surface area (Å²) in [7, 11) is 0. The van der Waals surface area contributed by atoms with E-state index in [9.17, 15) is 0 Å². The van der Waals surface area contributed by atoms with E-state index in [1.54, 1.807) is 0 Å². The van der Waals surface area contributed by atoms with E-state index in [4.69, 9.17) is 14.7 Å². The van der Waals surface area contributed by atoms with Gasteiger partial charge in [0.25, 0.3) is 0 Å². The van der Waals surface area contributed by atoms with Crippen molar-refractivity contribution in [2.75, 3.05) is 0 Å². The average Bonchev–Trinajstić information content (AvgIpc) is 0.722. The zero-order valence-electron chi connectivity index (χ0n) is 2.01. The van der Waals surface area contributed by atoms with Gasteiger partial charge in [-0.2, -0.15) is 0 Å². The molecule has 0 saturated heterocycles. The quantitative estimate of drug-likeness (QED) is 0.390. The van der Waals surface area contributed by atoms with Crippen LogP contribution in [0.4, 0.5) is 0 Å². The molecule has 0 N–H and O–H groups in total. The molecule has 0 bridgehead atoms. The Morgan fingerprint density at radius 2 is 1.20 bits per heavy atom. The maximum atomic E-state index is 8.62. The van der Waals surface area contributed by atoms with Crippen molar-refractivity contribution in [1.82, 2.24) is 0 Å². The van der Waals surface area contributed by atoms with E-state index >= 15 is 0 Å². The Hall–Kier alpha value is 0.169. The van der Waals surface area contributed by atoms with Gasteiger partial charge in [0.05, 0.1) is 0 Å². The summed E-state index contributed by atoms with van der Waals surface area (Å²) in [5.74, 6) is 0. The van der Waals surface area contributed by atoms with Crippen LogP contribution in [0, 0.1) is 0 Å². The SMILES string of the molecule is [O]=[Tc](=[O])([O-])[O-]. The molecule has 0 spiro atoms. The number of hydrogen-bond donors (Lipinski definition) is 0. The molecule has 0 saturated carbocycles. The van der Waals surface area contributed by atoms with Gasteiger partial charge in [-0.1, -0.05) is 0 Å². The first-order valence-corrected chi connectivity index (χ1v) is 3.65. The van der Waals surface area contributed by atoms with Gasteiger partial charge in [-0.25, -0.2) is 0 Å². The van der Waals surface area contributed by atoms with Gasteiger partial charge in [0.15, 0.2) is 0 Å². The molecule has 0 atom stereocenters. The Morgan fingerprint density at radius 1 is 1.20 bits per heavy atom. The van der Waals surface area contributed by atoms with Gasteiger partial charge < -0.3 is 0 Å². The fourth-order valence-corrected chi connectivity index (χ4v) is 0. The van der Waals surface area contributed by atoms with Gasteiger partial charge in [-0.15, -0.1) is 0 Å². The molecule has 0 aromatic rings. The first-order valence-electron chi connectivity index (χ1n) is 0.617. The Bertz CT molecular complexity index is 86.8. The Balaban J connectivity index is 4.06. The summed E-state index contributed by atoms with van der Waals surface area (Å²) in [4.78, 5) is 0. The van der Waals surface area contributed by atoms with Gasteiger partial charge in [0.1, 0.15) is 0 Å². The molecular weight excluding hydrogens is 162 g/mol. The third-order valence-corrected chi connectivity index (χ3v) is 0. The van der Waals surface area contributed by atoms with Crippen LogP contribution in [0.5, 0.6) is 0 Å². The predicted molar refractivity (Wildman–Crippen MR) is 1.37 cm³/mol. The summed E-state index contributed by atoms with van der Waals surface area (Å²) in [6, 6.07) is 0. The zero-order chi connectivity index (χ0) is 4.50. The molecule has 0 rings (SSSR count). The maximum absolute atomic E-state index is 8.62. The monoisotopic (exact) mass is 161 g/mol. The fraction of sp³-hybridized carbons (Fsp3) is 0. The normalized spacial score (nSPS) is 11.6. The Morgan fingerprint density at radius 3 is 1.20 bits per heavy atom. The summed E-state index contributed by atoms with van der Waals surface area (Å²) in [5.41, 5.74) is 0. The van der Waals surface area contributed by atoms with Crippen molar-refractivity contribution in [3.8, 4) is 0 Å². The molecule has 0 aliphatic heterocycles. The molecule has 5 heteroatoms. The van der Waals surface area contributed by atoms with Gasteiger partial charge in [0, 0.05) is 0 Å². The van der Waals surface area contributed by atoms with Crippen molar-refractivity contribution in [3.05, 3.63) is 0 Å². The van der Waals surface area contributed by atoms with Crippen LogP contribution in [-0.2, 0) is 22.9 Å². The number of rotatable bonds is 0. The third-order valence-electron chi connectivity index (χ3n) is 0. The zero-order valence-corrected chi connectivity index (χ0v) is 3.87. The van der Waals surface area contributed by atoms with Crippen molar-refractivity contribution in [2.45, 2.75) is 0 Å². The predicted octanol–water partition coefficient (Wildman–Crippen LogP) is -2.62. The van der Waals surface area contributed by atoms with Crippen LogP contribution in [0.3, 0.4) is 0 Å². The minimum atomic E-state index is -5.94. The Labute approximate surface area is 31.4 Å². The molecule has 33 valence electrons. The van der Waals surface area contributed by atoms with Crippen LogP contribution in [0.15, 0.2) is 0 Å². The average molecular weight is 162 g/mol. The standard InChI is InChI=1S/4O.Tc/q;;2*-1;. The summed E-state index contributed by atoms with van der Waals surface area (Å²) < 4.78 is 34.5. The van der Waals surface area contributed by atoms with E-state index in [0.29, 0.717) is 0 Å². The Kier molecular flexibility index (Phi) is 1.14. The fourth-order valence-electron chi connectivity index (χ4n) is 0. The molecule has 0 amide bonds. The minimum absolute atomic E-state index is 5.94.